The zero-order chi connectivity index (χ0) is 25.9. The number of carbonyl (C=O) groups excluding carboxylic acids is 3. The monoisotopic (exact) mass is 492 g/mol. The van der Waals surface area contributed by atoms with Crippen LogP contribution >= 0.6 is 0 Å². The van der Waals surface area contributed by atoms with E-state index in [2.05, 4.69) is 21.3 Å². The average molecular weight is 493 g/mol. The van der Waals surface area contributed by atoms with Gasteiger partial charge in [-0.1, -0.05) is 54.6 Å². The van der Waals surface area contributed by atoms with E-state index < -0.39 is 0 Å². The molecule has 0 aliphatic rings. The Hall–Kier alpha value is -4.91. The van der Waals surface area contributed by atoms with Gasteiger partial charge in [0.2, 0.25) is 11.8 Å². The van der Waals surface area contributed by atoms with Crippen LogP contribution in [0, 0.1) is 0 Å². The highest BCUT2D eigenvalue weighted by atomic mass is 16.2. The lowest BCUT2D eigenvalue weighted by Gasteiger charge is -2.11. The van der Waals surface area contributed by atoms with E-state index in [9.17, 15) is 14.4 Å². The zero-order valence-corrected chi connectivity index (χ0v) is 20.2. The summed E-state index contributed by atoms with van der Waals surface area (Å²) in [5, 5.41) is 11.6. The molecule has 0 heterocycles. The van der Waals surface area contributed by atoms with Gasteiger partial charge in [-0.05, 0) is 66.6 Å². The third kappa shape index (κ3) is 8.07. The van der Waals surface area contributed by atoms with Gasteiger partial charge < -0.3 is 21.3 Å². The molecule has 4 aromatic carbocycles. The van der Waals surface area contributed by atoms with Crippen LogP contribution < -0.4 is 21.3 Å². The van der Waals surface area contributed by atoms with E-state index in [0.29, 0.717) is 35.5 Å². The van der Waals surface area contributed by atoms with Gasteiger partial charge in [-0.3, -0.25) is 14.4 Å². The number of nitrogens with one attached hydrogen (secondary N) is 4. The molecule has 4 aromatic rings. The number of hydrogen-bond acceptors (Lipinski definition) is 4. The van der Waals surface area contributed by atoms with Crippen molar-refractivity contribution in [2.45, 2.75) is 12.8 Å². The Morgan fingerprint density at radius 3 is 1.84 bits per heavy atom. The Morgan fingerprint density at radius 2 is 1.14 bits per heavy atom. The van der Waals surface area contributed by atoms with Crippen molar-refractivity contribution in [3.63, 3.8) is 0 Å². The summed E-state index contributed by atoms with van der Waals surface area (Å²) in [5.74, 6) is -0.502. The second kappa shape index (κ2) is 12.7. The predicted octanol–water partition coefficient (Wildman–Crippen LogP) is 5.56. The molecule has 0 saturated heterocycles. The second-order valence-corrected chi connectivity index (χ2v) is 8.41. The third-order valence-corrected chi connectivity index (χ3v) is 5.55. The van der Waals surface area contributed by atoms with Gasteiger partial charge in [-0.2, -0.15) is 0 Å². The Kier molecular flexibility index (Phi) is 8.64. The molecule has 4 N–H and O–H groups in total. The summed E-state index contributed by atoms with van der Waals surface area (Å²) in [7, 11) is 0. The number of rotatable bonds is 10. The number of carbonyl (C=O) groups is 3. The molecular weight excluding hydrogens is 464 g/mol. The molecule has 0 atom stereocenters. The van der Waals surface area contributed by atoms with Gasteiger partial charge in [-0.25, -0.2) is 0 Å². The second-order valence-electron chi connectivity index (χ2n) is 8.41. The quantitative estimate of drug-likeness (QED) is 0.233. The van der Waals surface area contributed by atoms with Crippen LogP contribution in [0.5, 0.6) is 0 Å². The summed E-state index contributed by atoms with van der Waals surface area (Å²) < 4.78 is 0. The number of hydrogen-bond donors (Lipinski definition) is 4. The third-order valence-electron chi connectivity index (χ3n) is 5.55. The van der Waals surface area contributed by atoms with E-state index in [1.165, 1.54) is 0 Å². The van der Waals surface area contributed by atoms with Crippen molar-refractivity contribution in [3.05, 3.63) is 120 Å². The molecule has 0 aromatic heterocycles. The van der Waals surface area contributed by atoms with Crippen LogP contribution in [-0.2, 0) is 16.0 Å². The van der Waals surface area contributed by atoms with Crippen LogP contribution in [0.4, 0.5) is 22.7 Å². The van der Waals surface area contributed by atoms with E-state index in [-0.39, 0.29) is 24.3 Å². The molecule has 7 nitrogen and oxygen atoms in total. The summed E-state index contributed by atoms with van der Waals surface area (Å²) in [5.41, 5.74) is 4.29. The topological polar surface area (TPSA) is 99.3 Å². The lowest BCUT2D eigenvalue weighted by molar-refractivity contribution is -0.116. The van der Waals surface area contributed by atoms with Gasteiger partial charge in [-0.15, -0.1) is 0 Å². The van der Waals surface area contributed by atoms with Crippen LogP contribution in [0.1, 0.15) is 22.3 Å². The molecular formula is C30H28N4O3. The first-order chi connectivity index (χ1) is 18.0. The highest BCUT2D eigenvalue weighted by Gasteiger charge is 2.08. The molecule has 0 saturated carbocycles. The van der Waals surface area contributed by atoms with Crippen molar-refractivity contribution in [1.29, 1.82) is 0 Å². The van der Waals surface area contributed by atoms with Gasteiger partial charge >= 0.3 is 0 Å². The summed E-state index contributed by atoms with van der Waals surface area (Å²) in [6.45, 7) is 0.0589. The van der Waals surface area contributed by atoms with Gasteiger partial charge in [0.1, 0.15) is 0 Å². The number of benzene rings is 4. The smallest absolute Gasteiger partial charge is 0.255 e. The fourth-order valence-corrected chi connectivity index (χ4v) is 3.65. The van der Waals surface area contributed by atoms with Gasteiger partial charge in [0, 0.05) is 34.7 Å². The van der Waals surface area contributed by atoms with Gasteiger partial charge in [0.15, 0.2) is 0 Å². The van der Waals surface area contributed by atoms with Crippen LogP contribution in [0.3, 0.4) is 0 Å². The van der Waals surface area contributed by atoms with Crippen molar-refractivity contribution in [2.75, 3.05) is 27.8 Å². The maximum Gasteiger partial charge on any atom is 0.255 e. The summed E-state index contributed by atoms with van der Waals surface area (Å²) in [4.78, 5) is 37.0. The Morgan fingerprint density at radius 1 is 0.541 bits per heavy atom. The maximum absolute atomic E-state index is 12.4. The summed E-state index contributed by atoms with van der Waals surface area (Å²) in [6, 6.07) is 33.0. The van der Waals surface area contributed by atoms with E-state index >= 15 is 0 Å². The first-order valence-corrected chi connectivity index (χ1v) is 12.0. The Labute approximate surface area is 215 Å². The summed E-state index contributed by atoms with van der Waals surface area (Å²) >= 11 is 0. The fraction of sp³-hybridized carbons (Fsp3) is 0.100. The molecule has 0 bridgehead atoms. The lowest BCUT2D eigenvalue weighted by atomic mass is 10.1. The molecule has 3 amide bonds. The van der Waals surface area contributed by atoms with Crippen molar-refractivity contribution in [3.8, 4) is 0 Å². The first-order valence-electron chi connectivity index (χ1n) is 12.0. The van der Waals surface area contributed by atoms with Crippen molar-refractivity contribution < 1.29 is 14.4 Å². The van der Waals surface area contributed by atoms with Crippen LogP contribution in [-0.4, -0.2) is 24.3 Å². The molecule has 7 heteroatoms. The van der Waals surface area contributed by atoms with E-state index in [0.717, 1.165) is 11.3 Å². The molecule has 0 unspecified atom stereocenters. The molecule has 0 aliphatic carbocycles. The highest BCUT2D eigenvalue weighted by molar-refractivity contribution is 6.04. The van der Waals surface area contributed by atoms with Crippen LogP contribution in [0.2, 0.25) is 0 Å². The van der Waals surface area contributed by atoms with Crippen LogP contribution in [0.15, 0.2) is 109 Å². The number of amides is 3. The minimum atomic E-state index is -0.232. The predicted molar refractivity (Wildman–Crippen MR) is 148 cm³/mol. The number of aryl methyl sites for hydroxylation is 1. The highest BCUT2D eigenvalue weighted by Crippen LogP contribution is 2.17. The zero-order valence-electron chi connectivity index (χ0n) is 20.2. The normalized spacial score (nSPS) is 10.3. The largest absolute Gasteiger partial charge is 0.376 e. The molecule has 0 fully saturated rings. The number of anilines is 4. The van der Waals surface area contributed by atoms with Crippen molar-refractivity contribution in [2.24, 2.45) is 0 Å². The van der Waals surface area contributed by atoms with Crippen LogP contribution in [0.25, 0.3) is 0 Å². The summed E-state index contributed by atoms with van der Waals surface area (Å²) in [6.07, 6.45) is 1.09. The first kappa shape index (κ1) is 25.2. The standard InChI is InChI=1S/C30H28N4O3/c35-28(19-14-22-8-3-1-4-9-22)32-25-17-15-24(16-18-25)31-21-29(36)33-26-12-7-13-27(20-26)34-30(37)23-10-5-2-6-11-23/h1-13,15-18,20,31H,14,19,21H2,(H,32,35)(H,33,36)(H,34,37). The molecule has 37 heavy (non-hydrogen) atoms. The Bertz CT molecular complexity index is 1340. The van der Waals surface area contributed by atoms with Crippen molar-refractivity contribution in [1.82, 2.24) is 0 Å². The minimum Gasteiger partial charge on any atom is -0.376 e. The van der Waals surface area contributed by atoms with E-state index in [1.54, 1.807) is 72.8 Å². The SMILES string of the molecule is O=C(CCc1ccccc1)Nc1ccc(NCC(=O)Nc2cccc(NC(=O)c3ccccc3)c2)cc1. The molecule has 4 rings (SSSR count). The Balaban J connectivity index is 1.21. The lowest BCUT2D eigenvalue weighted by Crippen LogP contribution is -2.22. The molecule has 0 spiro atoms. The molecule has 186 valence electrons. The fourth-order valence-electron chi connectivity index (χ4n) is 3.65. The minimum absolute atomic E-state index is 0.0499. The van der Waals surface area contributed by atoms with E-state index in [4.69, 9.17) is 0 Å². The molecule has 0 aliphatic heterocycles. The van der Waals surface area contributed by atoms with E-state index in [1.807, 2.05) is 36.4 Å². The van der Waals surface area contributed by atoms with Gasteiger partial charge in [0.05, 0.1) is 6.54 Å². The maximum atomic E-state index is 12.4. The average Bonchev–Trinajstić information content (AvgIpc) is 2.93. The van der Waals surface area contributed by atoms with Crippen molar-refractivity contribution >= 4 is 40.5 Å². The van der Waals surface area contributed by atoms with Gasteiger partial charge in [0.25, 0.3) is 5.91 Å². The molecule has 0 radical (unpaired) electrons.